The number of benzene rings is 1. The molecule has 136 valence electrons. The van der Waals surface area contributed by atoms with E-state index < -0.39 is 0 Å². The summed E-state index contributed by atoms with van der Waals surface area (Å²) in [4.78, 5) is 14.5. The van der Waals surface area contributed by atoms with Crippen LogP contribution in [0, 0.1) is 0 Å². The highest BCUT2D eigenvalue weighted by atomic mass is 16.5. The summed E-state index contributed by atoms with van der Waals surface area (Å²) < 4.78 is 12.6. The Bertz CT molecular complexity index is 695. The van der Waals surface area contributed by atoms with Crippen LogP contribution in [-0.4, -0.2) is 68.6 Å². The normalized spacial score (nSPS) is 15.4. The maximum absolute atomic E-state index is 12.2. The second-order valence-electron chi connectivity index (χ2n) is 6.08. The number of hydrogen-bond acceptors (Lipinski definition) is 4. The molecular formula is C18H26N4O3. The topological polar surface area (TPSA) is 67.8 Å². The molecule has 25 heavy (non-hydrogen) atoms. The second kappa shape index (κ2) is 8.84. The molecule has 1 aliphatic rings. The van der Waals surface area contributed by atoms with Crippen molar-refractivity contribution in [1.82, 2.24) is 14.8 Å². The van der Waals surface area contributed by atoms with Gasteiger partial charge in [-0.3, -0.25) is 4.90 Å². The minimum atomic E-state index is -0.178. The average molecular weight is 346 g/mol. The maximum atomic E-state index is 12.2. The lowest BCUT2D eigenvalue weighted by molar-refractivity contribution is 0.0388. The lowest BCUT2D eigenvalue weighted by Crippen LogP contribution is -2.42. The molecule has 0 bridgehead atoms. The fraction of sp³-hybridized carbons (Fsp3) is 0.500. The quantitative estimate of drug-likeness (QED) is 0.801. The van der Waals surface area contributed by atoms with Gasteiger partial charge in [0.05, 0.1) is 31.0 Å². The first kappa shape index (κ1) is 17.7. The van der Waals surface area contributed by atoms with Gasteiger partial charge in [0.25, 0.3) is 0 Å². The fourth-order valence-corrected chi connectivity index (χ4v) is 3.04. The molecule has 0 spiro atoms. The molecule has 1 fully saturated rings. The van der Waals surface area contributed by atoms with Gasteiger partial charge < -0.3 is 24.7 Å². The zero-order valence-corrected chi connectivity index (χ0v) is 14.7. The van der Waals surface area contributed by atoms with Gasteiger partial charge in [-0.2, -0.15) is 0 Å². The van der Waals surface area contributed by atoms with E-state index in [9.17, 15) is 4.79 Å². The van der Waals surface area contributed by atoms with Crippen molar-refractivity contribution in [2.75, 3.05) is 58.4 Å². The summed E-state index contributed by atoms with van der Waals surface area (Å²) in [5, 5.41) is 6.92. The van der Waals surface area contributed by atoms with E-state index in [0.29, 0.717) is 13.2 Å². The highest BCUT2D eigenvalue weighted by Gasteiger charge is 2.12. The molecule has 3 rings (SSSR count). The number of morpholine rings is 1. The molecule has 7 nitrogen and oxygen atoms in total. The molecule has 1 aliphatic heterocycles. The number of carbonyl (C=O) groups excluding carboxylic acids is 1. The Balaban J connectivity index is 1.57. The van der Waals surface area contributed by atoms with Gasteiger partial charge in [0.1, 0.15) is 0 Å². The van der Waals surface area contributed by atoms with Crippen LogP contribution in [0.2, 0.25) is 0 Å². The van der Waals surface area contributed by atoms with Crippen molar-refractivity contribution in [1.29, 1.82) is 0 Å². The van der Waals surface area contributed by atoms with Crippen LogP contribution in [-0.2, 0) is 16.0 Å². The molecule has 2 aromatic rings. The van der Waals surface area contributed by atoms with Gasteiger partial charge in [0, 0.05) is 51.4 Å². The standard InChI is InChI=1S/C18H26N4O3/c1-24-11-10-22-14-16(15-4-2-3-5-17(15)22)20-18(23)19-6-7-21-8-12-25-13-9-21/h2-5,14H,6-13H2,1H3,(H2,19,20,23). The van der Waals surface area contributed by atoms with Crippen molar-refractivity contribution >= 4 is 22.6 Å². The number of carbonyl (C=O) groups is 1. The number of para-hydroxylation sites is 1. The third-order valence-electron chi connectivity index (χ3n) is 4.39. The SMILES string of the molecule is COCCn1cc(NC(=O)NCCN2CCOCC2)c2ccccc21. The average Bonchev–Trinajstić information content (AvgIpc) is 2.99. The van der Waals surface area contributed by atoms with E-state index in [4.69, 9.17) is 9.47 Å². The zero-order valence-electron chi connectivity index (χ0n) is 14.7. The van der Waals surface area contributed by atoms with Crippen molar-refractivity contribution in [3.05, 3.63) is 30.5 Å². The van der Waals surface area contributed by atoms with Crippen LogP contribution in [0.4, 0.5) is 10.5 Å². The zero-order chi connectivity index (χ0) is 17.5. The number of ether oxygens (including phenoxy) is 2. The van der Waals surface area contributed by atoms with Crippen LogP contribution in [0.25, 0.3) is 10.9 Å². The number of urea groups is 1. The molecule has 0 radical (unpaired) electrons. The van der Waals surface area contributed by atoms with Crippen LogP contribution in [0.1, 0.15) is 0 Å². The summed E-state index contributed by atoms with van der Waals surface area (Å²) in [5.41, 5.74) is 1.90. The number of nitrogens with one attached hydrogen (secondary N) is 2. The molecular weight excluding hydrogens is 320 g/mol. The van der Waals surface area contributed by atoms with E-state index in [1.165, 1.54) is 0 Å². The summed E-state index contributed by atoms with van der Waals surface area (Å²) in [6, 6.07) is 7.86. The van der Waals surface area contributed by atoms with Gasteiger partial charge in [0.15, 0.2) is 0 Å². The Labute approximate surface area is 147 Å². The van der Waals surface area contributed by atoms with Crippen molar-refractivity contribution < 1.29 is 14.3 Å². The molecule has 0 unspecified atom stereocenters. The molecule has 0 atom stereocenters. The number of methoxy groups -OCH3 is 1. The minimum Gasteiger partial charge on any atom is -0.383 e. The van der Waals surface area contributed by atoms with Gasteiger partial charge in [0.2, 0.25) is 0 Å². The van der Waals surface area contributed by atoms with E-state index in [1.54, 1.807) is 7.11 Å². The minimum absolute atomic E-state index is 0.178. The lowest BCUT2D eigenvalue weighted by atomic mass is 10.2. The maximum Gasteiger partial charge on any atom is 0.319 e. The van der Waals surface area contributed by atoms with E-state index in [-0.39, 0.29) is 6.03 Å². The van der Waals surface area contributed by atoms with Gasteiger partial charge in [-0.1, -0.05) is 18.2 Å². The summed E-state index contributed by atoms with van der Waals surface area (Å²) in [6.07, 6.45) is 1.96. The lowest BCUT2D eigenvalue weighted by Gasteiger charge is -2.26. The molecule has 2 heterocycles. The van der Waals surface area contributed by atoms with Crippen molar-refractivity contribution in [3.8, 4) is 0 Å². The van der Waals surface area contributed by atoms with Gasteiger partial charge >= 0.3 is 6.03 Å². The Hall–Kier alpha value is -2.09. The van der Waals surface area contributed by atoms with E-state index in [1.807, 2.05) is 30.5 Å². The molecule has 1 aromatic carbocycles. The van der Waals surface area contributed by atoms with Gasteiger partial charge in [-0.15, -0.1) is 0 Å². The number of fused-ring (bicyclic) bond motifs is 1. The number of nitrogens with zero attached hydrogens (tertiary/aromatic N) is 2. The number of hydrogen-bond donors (Lipinski definition) is 2. The Morgan fingerprint density at radius 3 is 2.84 bits per heavy atom. The third kappa shape index (κ3) is 4.72. The molecule has 1 aromatic heterocycles. The first-order valence-electron chi connectivity index (χ1n) is 8.69. The van der Waals surface area contributed by atoms with Crippen molar-refractivity contribution in [3.63, 3.8) is 0 Å². The fourth-order valence-electron chi connectivity index (χ4n) is 3.04. The monoisotopic (exact) mass is 346 g/mol. The van der Waals surface area contributed by atoms with Crippen LogP contribution in [0.15, 0.2) is 30.5 Å². The first-order chi connectivity index (χ1) is 12.3. The smallest absolute Gasteiger partial charge is 0.319 e. The predicted octanol–water partition coefficient (Wildman–Crippen LogP) is 1.74. The number of aromatic nitrogens is 1. The van der Waals surface area contributed by atoms with Crippen molar-refractivity contribution in [2.24, 2.45) is 0 Å². The molecule has 0 aliphatic carbocycles. The van der Waals surface area contributed by atoms with E-state index >= 15 is 0 Å². The van der Waals surface area contributed by atoms with Crippen LogP contribution in [0.3, 0.4) is 0 Å². The van der Waals surface area contributed by atoms with Crippen LogP contribution < -0.4 is 10.6 Å². The van der Waals surface area contributed by atoms with Crippen LogP contribution >= 0.6 is 0 Å². The summed E-state index contributed by atoms with van der Waals surface area (Å²) in [5.74, 6) is 0. The van der Waals surface area contributed by atoms with E-state index in [2.05, 4.69) is 20.1 Å². The van der Waals surface area contributed by atoms with Gasteiger partial charge in [-0.25, -0.2) is 4.79 Å². The predicted molar refractivity (Wildman–Crippen MR) is 98.1 cm³/mol. The van der Waals surface area contributed by atoms with Gasteiger partial charge in [-0.05, 0) is 6.07 Å². The highest BCUT2D eigenvalue weighted by molar-refractivity contribution is 6.01. The Morgan fingerprint density at radius 2 is 2.04 bits per heavy atom. The Kier molecular flexibility index (Phi) is 6.27. The number of anilines is 1. The Morgan fingerprint density at radius 1 is 1.24 bits per heavy atom. The number of amides is 2. The summed E-state index contributed by atoms with van der Waals surface area (Å²) in [7, 11) is 1.69. The highest BCUT2D eigenvalue weighted by Crippen LogP contribution is 2.25. The molecule has 2 N–H and O–H groups in total. The first-order valence-corrected chi connectivity index (χ1v) is 8.69. The molecule has 2 amide bonds. The molecule has 7 heteroatoms. The summed E-state index contributed by atoms with van der Waals surface area (Å²) >= 11 is 0. The van der Waals surface area contributed by atoms with Crippen molar-refractivity contribution in [2.45, 2.75) is 6.54 Å². The third-order valence-corrected chi connectivity index (χ3v) is 4.39. The molecule has 0 saturated carbocycles. The summed E-state index contributed by atoms with van der Waals surface area (Å²) in [6.45, 7) is 6.23. The van der Waals surface area contributed by atoms with E-state index in [0.717, 1.165) is 56.0 Å². The second-order valence-corrected chi connectivity index (χ2v) is 6.08. The largest absolute Gasteiger partial charge is 0.383 e. The van der Waals surface area contributed by atoms with Crippen LogP contribution in [0.5, 0.6) is 0 Å². The molecule has 1 saturated heterocycles. The number of rotatable bonds is 7.